The maximum absolute atomic E-state index is 5.89. The molecule has 0 spiro atoms. The van der Waals surface area contributed by atoms with E-state index in [0.29, 0.717) is 5.38 Å². The van der Waals surface area contributed by atoms with E-state index in [1.54, 1.807) is 0 Å². The van der Waals surface area contributed by atoms with Crippen molar-refractivity contribution in [3.05, 3.63) is 0 Å². The van der Waals surface area contributed by atoms with Crippen LogP contribution in [0.4, 0.5) is 0 Å². The Bertz CT molecular complexity index is 69.1. The molecule has 0 aliphatic heterocycles. The van der Waals surface area contributed by atoms with Crippen LogP contribution in [0.3, 0.4) is 0 Å². The predicted octanol–water partition coefficient (Wildman–Crippen LogP) is 3.83. The zero-order valence-electron chi connectivity index (χ0n) is 7.36. The van der Waals surface area contributed by atoms with Crippen molar-refractivity contribution in [2.24, 2.45) is 5.92 Å². The first-order valence-corrected chi connectivity index (χ1v) is 4.78. The maximum atomic E-state index is 5.89. The van der Waals surface area contributed by atoms with Crippen LogP contribution < -0.4 is 0 Å². The molecular formula is C9H19Cl. The Balaban J connectivity index is 3.39. The summed E-state index contributed by atoms with van der Waals surface area (Å²) in [4.78, 5) is 0. The molecule has 0 aromatic heterocycles. The van der Waals surface area contributed by atoms with Crippen LogP contribution in [0.15, 0.2) is 0 Å². The Morgan fingerprint density at radius 2 is 1.90 bits per heavy atom. The SMILES string of the molecule is CCCC(CC)CC(C)Cl. The van der Waals surface area contributed by atoms with E-state index >= 15 is 0 Å². The largest absolute Gasteiger partial charge is 0.123 e. The second-order valence-corrected chi connectivity index (χ2v) is 3.82. The van der Waals surface area contributed by atoms with Gasteiger partial charge in [0.1, 0.15) is 0 Å². The Labute approximate surface area is 70.0 Å². The minimum absolute atomic E-state index is 0.358. The Hall–Kier alpha value is 0.290. The fourth-order valence-electron chi connectivity index (χ4n) is 1.36. The lowest BCUT2D eigenvalue weighted by Crippen LogP contribution is -2.04. The zero-order chi connectivity index (χ0) is 7.98. The highest BCUT2D eigenvalue weighted by Crippen LogP contribution is 2.19. The summed E-state index contributed by atoms with van der Waals surface area (Å²) in [7, 11) is 0. The molecule has 0 amide bonds. The summed E-state index contributed by atoms with van der Waals surface area (Å²) < 4.78 is 0. The van der Waals surface area contributed by atoms with Crippen molar-refractivity contribution in [3.8, 4) is 0 Å². The second kappa shape index (κ2) is 6.03. The van der Waals surface area contributed by atoms with Gasteiger partial charge in [-0.15, -0.1) is 11.6 Å². The van der Waals surface area contributed by atoms with E-state index in [-0.39, 0.29) is 0 Å². The van der Waals surface area contributed by atoms with E-state index in [1.165, 1.54) is 25.7 Å². The molecule has 0 aromatic rings. The molecule has 0 bridgehead atoms. The minimum atomic E-state index is 0.358. The Morgan fingerprint density at radius 3 is 2.20 bits per heavy atom. The standard InChI is InChI=1S/C9H19Cl/c1-4-6-9(5-2)7-8(3)10/h8-9H,4-7H2,1-3H3. The van der Waals surface area contributed by atoms with Gasteiger partial charge < -0.3 is 0 Å². The molecule has 0 aromatic carbocycles. The lowest BCUT2D eigenvalue weighted by atomic mass is 9.96. The van der Waals surface area contributed by atoms with Gasteiger partial charge in [0.25, 0.3) is 0 Å². The first-order valence-electron chi connectivity index (χ1n) is 4.34. The van der Waals surface area contributed by atoms with Gasteiger partial charge in [0.15, 0.2) is 0 Å². The van der Waals surface area contributed by atoms with Gasteiger partial charge in [0.05, 0.1) is 0 Å². The van der Waals surface area contributed by atoms with Crippen molar-refractivity contribution in [2.75, 3.05) is 0 Å². The van der Waals surface area contributed by atoms with E-state index in [9.17, 15) is 0 Å². The molecule has 10 heavy (non-hydrogen) atoms. The molecule has 0 rings (SSSR count). The van der Waals surface area contributed by atoms with Gasteiger partial charge >= 0.3 is 0 Å². The monoisotopic (exact) mass is 162 g/mol. The normalized spacial score (nSPS) is 16.8. The van der Waals surface area contributed by atoms with Crippen LogP contribution in [-0.2, 0) is 0 Å². The van der Waals surface area contributed by atoms with Gasteiger partial charge in [-0.3, -0.25) is 0 Å². The Kier molecular flexibility index (Phi) is 6.20. The van der Waals surface area contributed by atoms with Crippen LogP contribution in [0.25, 0.3) is 0 Å². The van der Waals surface area contributed by atoms with Gasteiger partial charge in [-0.2, -0.15) is 0 Å². The van der Waals surface area contributed by atoms with Gasteiger partial charge in [-0.1, -0.05) is 33.1 Å². The van der Waals surface area contributed by atoms with E-state index in [0.717, 1.165) is 5.92 Å². The third-order valence-electron chi connectivity index (χ3n) is 1.93. The quantitative estimate of drug-likeness (QED) is 0.539. The predicted molar refractivity (Wildman–Crippen MR) is 48.6 cm³/mol. The number of rotatable bonds is 5. The topological polar surface area (TPSA) is 0 Å². The summed E-state index contributed by atoms with van der Waals surface area (Å²) in [5, 5.41) is 0.358. The lowest BCUT2D eigenvalue weighted by Gasteiger charge is -2.14. The summed E-state index contributed by atoms with van der Waals surface area (Å²) in [5.41, 5.74) is 0. The fourth-order valence-corrected chi connectivity index (χ4v) is 1.61. The van der Waals surface area contributed by atoms with Crippen LogP contribution in [0.2, 0.25) is 0 Å². The van der Waals surface area contributed by atoms with Crippen LogP contribution >= 0.6 is 11.6 Å². The van der Waals surface area contributed by atoms with Crippen LogP contribution in [0, 0.1) is 5.92 Å². The molecule has 0 heterocycles. The molecule has 0 fully saturated rings. The number of alkyl halides is 1. The molecule has 62 valence electrons. The average Bonchev–Trinajstić information content (AvgIpc) is 1.86. The first-order chi connectivity index (χ1) is 4.70. The molecule has 0 nitrogen and oxygen atoms in total. The van der Waals surface area contributed by atoms with Crippen LogP contribution in [0.1, 0.15) is 46.5 Å². The molecule has 0 radical (unpaired) electrons. The highest BCUT2D eigenvalue weighted by atomic mass is 35.5. The third-order valence-corrected chi connectivity index (χ3v) is 2.11. The molecule has 0 saturated carbocycles. The lowest BCUT2D eigenvalue weighted by molar-refractivity contribution is 0.430. The van der Waals surface area contributed by atoms with E-state index < -0.39 is 0 Å². The molecule has 0 aliphatic carbocycles. The van der Waals surface area contributed by atoms with E-state index in [1.807, 2.05) is 0 Å². The molecule has 0 saturated heterocycles. The molecule has 2 atom stereocenters. The maximum Gasteiger partial charge on any atom is 0.0310 e. The summed E-state index contributed by atoms with van der Waals surface area (Å²) in [5.74, 6) is 0.859. The van der Waals surface area contributed by atoms with Gasteiger partial charge in [0.2, 0.25) is 0 Å². The summed E-state index contributed by atoms with van der Waals surface area (Å²) in [6, 6.07) is 0. The number of halogens is 1. The molecule has 0 aliphatic rings. The number of hydrogen-bond acceptors (Lipinski definition) is 0. The molecule has 2 unspecified atom stereocenters. The summed E-state index contributed by atoms with van der Waals surface area (Å²) >= 11 is 5.89. The first kappa shape index (κ1) is 10.3. The van der Waals surface area contributed by atoms with Crippen molar-refractivity contribution in [1.29, 1.82) is 0 Å². The van der Waals surface area contributed by atoms with Crippen molar-refractivity contribution < 1.29 is 0 Å². The Morgan fingerprint density at radius 1 is 1.30 bits per heavy atom. The fraction of sp³-hybridized carbons (Fsp3) is 1.00. The van der Waals surface area contributed by atoms with E-state index in [4.69, 9.17) is 11.6 Å². The van der Waals surface area contributed by atoms with Crippen LogP contribution in [0.5, 0.6) is 0 Å². The highest BCUT2D eigenvalue weighted by Gasteiger charge is 2.07. The molecule has 1 heteroatoms. The molecule has 0 N–H and O–H groups in total. The van der Waals surface area contributed by atoms with Crippen molar-refractivity contribution >= 4 is 11.6 Å². The smallest absolute Gasteiger partial charge is 0.0310 e. The summed E-state index contributed by atoms with van der Waals surface area (Å²) in [6.07, 6.45) is 5.10. The minimum Gasteiger partial charge on any atom is -0.123 e. The van der Waals surface area contributed by atoms with Gasteiger partial charge in [-0.25, -0.2) is 0 Å². The summed E-state index contributed by atoms with van der Waals surface area (Å²) in [6.45, 7) is 6.57. The average molecular weight is 163 g/mol. The van der Waals surface area contributed by atoms with Gasteiger partial charge in [-0.05, 0) is 19.3 Å². The van der Waals surface area contributed by atoms with Crippen molar-refractivity contribution in [1.82, 2.24) is 0 Å². The van der Waals surface area contributed by atoms with Crippen molar-refractivity contribution in [2.45, 2.75) is 51.8 Å². The zero-order valence-corrected chi connectivity index (χ0v) is 8.12. The van der Waals surface area contributed by atoms with Crippen LogP contribution in [-0.4, -0.2) is 5.38 Å². The highest BCUT2D eigenvalue weighted by molar-refractivity contribution is 6.20. The van der Waals surface area contributed by atoms with Crippen molar-refractivity contribution in [3.63, 3.8) is 0 Å². The van der Waals surface area contributed by atoms with E-state index in [2.05, 4.69) is 20.8 Å². The van der Waals surface area contributed by atoms with Gasteiger partial charge in [0, 0.05) is 5.38 Å². The number of hydrogen-bond donors (Lipinski definition) is 0. The molecular weight excluding hydrogens is 144 g/mol. The third kappa shape index (κ3) is 5.10. The second-order valence-electron chi connectivity index (χ2n) is 3.08.